The topological polar surface area (TPSA) is 15.3 Å². The lowest BCUT2D eigenvalue weighted by Gasteiger charge is -2.35. The average Bonchev–Trinajstić information content (AvgIpc) is 2.42. The second kappa shape index (κ2) is 6.96. The smallest absolute Gasteiger partial charge is 0.0648 e. The van der Waals surface area contributed by atoms with Gasteiger partial charge in [0.05, 0.1) is 10.7 Å². The molecule has 0 aromatic heterocycles. The van der Waals surface area contributed by atoms with Gasteiger partial charge in [-0.05, 0) is 63.5 Å². The lowest BCUT2D eigenvalue weighted by molar-refractivity contribution is 0.183. The van der Waals surface area contributed by atoms with Crippen LogP contribution >= 0.6 is 27.5 Å². The van der Waals surface area contributed by atoms with Crippen molar-refractivity contribution in [1.29, 1.82) is 0 Å². The number of likely N-dealkylation sites (tertiary alicyclic amines) is 1. The summed E-state index contributed by atoms with van der Waals surface area (Å²) < 4.78 is 1.02. The van der Waals surface area contributed by atoms with Crippen LogP contribution in [-0.4, -0.2) is 30.6 Å². The molecule has 0 bridgehead atoms. The Balaban J connectivity index is 1.92. The van der Waals surface area contributed by atoms with Crippen molar-refractivity contribution in [3.8, 4) is 0 Å². The maximum absolute atomic E-state index is 6.26. The van der Waals surface area contributed by atoms with Crippen LogP contribution in [0.15, 0.2) is 22.7 Å². The molecule has 2 nitrogen and oxygen atoms in total. The van der Waals surface area contributed by atoms with Gasteiger partial charge in [0, 0.05) is 10.5 Å². The molecule has 1 unspecified atom stereocenters. The van der Waals surface area contributed by atoms with Gasteiger partial charge in [-0.1, -0.05) is 34.5 Å². The summed E-state index contributed by atoms with van der Waals surface area (Å²) in [6.45, 7) is 8.13. The van der Waals surface area contributed by atoms with Crippen LogP contribution in [0.4, 0.5) is 5.69 Å². The van der Waals surface area contributed by atoms with Crippen LogP contribution in [0.25, 0.3) is 0 Å². The van der Waals surface area contributed by atoms with Gasteiger partial charge in [-0.15, -0.1) is 0 Å². The van der Waals surface area contributed by atoms with E-state index in [0.717, 1.165) is 21.1 Å². The quantitative estimate of drug-likeness (QED) is 0.855. The summed E-state index contributed by atoms with van der Waals surface area (Å²) >= 11 is 9.69. The standard InChI is InChI=1S/C15H22BrClN2/c1-3-19-8-6-12(7-9-19)11(2)18-15-5-4-13(16)10-14(15)17/h4-5,10-12,18H,3,6-9H2,1-2H3. The Kier molecular flexibility index (Phi) is 5.55. The summed E-state index contributed by atoms with van der Waals surface area (Å²) in [4.78, 5) is 2.52. The second-order valence-electron chi connectivity index (χ2n) is 5.33. The summed E-state index contributed by atoms with van der Waals surface area (Å²) in [7, 11) is 0. The minimum atomic E-state index is 0.470. The zero-order chi connectivity index (χ0) is 13.8. The van der Waals surface area contributed by atoms with E-state index >= 15 is 0 Å². The number of nitrogens with zero attached hydrogens (tertiary/aromatic N) is 1. The van der Waals surface area contributed by atoms with Crippen molar-refractivity contribution in [2.45, 2.75) is 32.7 Å². The predicted octanol–water partition coefficient (Wildman–Crippen LogP) is 4.63. The van der Waals surface area contributed by atoms with E-state index in [2.05, 4.69) is 40.0 Å². The second-order valence-corrected chi connectivity index (χ2v) is 6.65. The number of anilines is 1. The normalized spacial score (nSPS) is 19.4. The molecular formula is C15H22BrClN2. The number of rotatable bonds is 4. The van der Waals surface area contributed by atoms with Gasteiger partial charge in [0.1, 0.15) is 0 Å². The number of benzene rings is 1. The van der Waals surface area contributed by atoms with Crippen LogP contribution in [0.3, 0.4) is 0 Å². The molecule has 1 atom stereocenters. The minimum absolute atomic E-state index is 0.470. The van der Waals surface area contributed by atoms with Crippen molar-refractivity contribution in [3.63, 3.8) is 0 Å². The third-order valence-electron chi connectivity index (χ3n) is 4.10. The van der Waals surface area contributed by atoms with Crippen LogP contribution in [0.2, 0.25) is 5.02 Å². The number of nitrogens with one attached hydrogen (secondary N) is 1. The Hall–Kier alpha value is -0.250. The van der Waals surface area contributed by atoms with Crippen molar-refractivity contribution in [3.05, 3.63) is 27.7 Å². The van der Waals surface area contributed by atoms with E-state index in [1.54, 1.807) is 0 Å². The monoisotopic (exact) mass is 344 g/mol. The first-order valence-corrected chi connectivity index (χ1v) is 8.21. The van der Waals surface area contributed by atoms with Crippen LogP contribution in [0, 0.1) is 5.92 Å². The van der Waals surface area contributed by atoms with Crippen LogP contribution in [0.5, 0.6) is 0 Å². The first-order valence-electron chi connectivity index (χ1n) is 7.04. The molecule has 1 heterocycles. The van der Waals surface area contributed by atoms with Crippen molar-refractivity contribution in [2.75, 3.05) is 25.0 Å². The van der Waals surface area contributed by atoms with Crippen LogP contribution < -0.4 is 5.32 Å². The summed E-state index contributed by atoms with van der Waals surface area (Å²) in [5, 5.41) is 4.35. The lowest BCUT2D eigenvalue weighted by Crippen LogP contribution is -2.39. The zero-order valence-corrected chi connectivity index (χ0v) is 14.0. The van der Waals surface area contributed by atoms with E-state index in [0.29, 0.717) is 6.04 Å². The van der Waals surface area contributed by atoms with Crippen molar-refractivity contribution < 1.29 is 0 Å². The summed E-state index contributed by atoms with van der Waals surface area (Å²) in [6.07, 6.45) is 2.55. The van der Waals surface area contributed by atoms with Crippen molar-refractivity contribution in [1.82, 2.24) is 4.90 Å². The Morgan fingerprint density at radius 1 is 1.42 bits per heavy atom. The van der Waals surface area contributed by atoms with Gasteiger partial charge in [-0.2, -0.15) is 0 Å². The van der Waals surface area contributed by atoms with Gasteiger partial charge in [0.25, 0.3) is 0 Å². The molecule has 1 aromatic rings. The first-order chi connectivity index (χ1) is 9.10. The van der Waals surface area contributed by atoms with Gasteiger partial charge in [-0.3, -0.25) is 0 Å². The van der Waals surface area contributed by atoms with E-state index in [1.807, 2.05) is 18.2 Å². The number of hydrogen-bond acceptors (Lipinski definition) is 2. The first kappa shape index (κ1) is 15.1. The van der Waals surface area contributed by atoms with Crippen molar-refractivity contribution in [2.24, 2.45) is 5.92 Å². The Morgan fingerprint density at radius 2 is 2.11 bits per heavy atom. The average molecular weight is 346 g/mol. The van der Waals surface area contributed by atoms with E-state index in [4.69, 9.17) is 11.6 Å². The highest BCUT2D eigenvalue weighted by Crippen LogP contribution is 2.29. The highest BCUT2D eigenvalue weighted by molar-refractivity contribution is 9.10. The largest absolute Gasteiger partial charge is 0.381 e. The maximum Gasteiger partial charge on any atom is 0.0648 e. The van der Waals surface area contributed by atoms with Gasteiger partial charge >= 0.3 is 0 Å². The van der Waals surface area contributed by atoms with Gasteiger partial charge in [-0.25, -0.2) is 0 Å². The highest BCUT2D eigenvalue weighted by Gasteiger charge is 2.23. The van der Waals surface area contributed by atoms with Gasteiger partial charge < -0.3 is 10.2 Å². The molecule has 0 radical (unpaired) electrons. The van der Waals surface area contributed by atoms with Gasteiger partial charge in [0.2, 0.25) is 0 Å². The Bertz CT molecular complexity index is 417. The van der Waals surface area contributed by atoms with E-state index in [-0.39, 0.29) is 0 Å². The summed E-state index contributed by atoms with van der Waals surface area (Å²) in [6, 6.07) is 6.48. The molecule has 1 N–H and O–H groups in total. The molecule has 19 heavy (non-hydrogen) atoms. The van der Waals surface area contributed by atoms with Crippen molar-refractivity contribution >= 4 is 33.2 Å². The summed E-state index contributed by atoms with van der Waals surface area (Å²) in [5.41, 5.74) is 1.04. The fourth-order valence-electron chi connectivity index (χ4n) is 2.74. The molecule has 4 heteroatoms. The maximum atomic E-state index is 6.26. The fraction of sp³-hybridized carbons (Fsp3) is 0.600. The Labute approximate surface area is 129 Å². The molecule has 106 valence electrons. The lowest BCUT2D eigenvalue weighted by atomic mass is 9.90. The summed E-state index contributed by atoms with van der Waals surface area (Å²) in [5.74, 6) is 0.738. The van der Waals surface area contributed by atoms with Crippen LogP contribution in [-0.2, 0) is 0 Å². The molecule has 0 amide bonds. The fourth-order valence-corrected chi connectivity index (χ4v) is 3.47. The third kappa shape index (κ3) is 4.11. The molecule has 0 spiro atoms. The number of piperidine rings is 1. The third-order valence-corrected chi connectivity index (χ3v) is 4.91. The number of halogens is 2. The minimum Gasteiger partial charge on any atom is -0.381 e. The predicted molar refractivity (Wildman–Crippen MR) is 87.1 cm³/mol. The van der Waals surface area contributed by atoms with Gasteiger partial charge in [0.15, 0.2) is 0 Å². The molecule has 2 rings (SSSR count). The molecule has 1 saturated heterocycles. The van der Waals surface area contributed by atoms with E-state index in [1.165, 1.54) is 32.5 Å². The van der Waals surface area contributed by atoms with E-state index in [9.17, 15) is 0 Å². The number of hydrogen-bond donors (Lipinski definition) is 1. The molecule has 1 aromatic carbocycles. The SMILES string of the molecule is CCN1CCC(C(C)Nc2ccc(Br)cc2Cl)CC1. The molecular weight excluding hydrogens is 324 g/mol. The molecule has 1 aliphatic heterocycles. The zero-order valence-electron chi connectivity index (χ0n) is 11.6. The molecule has 1 aliphatic rings. The molecule has 0 saturated carbocycles. The van der Waals surface area contributed by atoms with Crippen LogP contribution in [0.1, 0.15) is 26.7 Å². The highest BCUT2D eigenvalue weighted by atomic mass is 79.9. The molecule has 1 fully saturated rings. The van der Waals surface area contributed by atoms with E-state index < -0.39 is 0 Å². The molecule has 0 aliphatic carbocycles. The Morgan fingerprint density at radius 3 is 2.68 bits per heavy atom.